The fourth-order valence-electron chi connectivity index (χ4n) is 3.52. The van der Waals surface area contributed by atoms with Gasteiger partial charge in [0.25, 0.3) is 0 Å². The normalized spacial score (nSPS) is 17.1. The number of imidazole rings is 1. The number of fused-ring (bicyclic) bond motifs is 1. The van der Waals surface area contributed by atoms with E-state index in [1.165, 1.54) is 5.69 Å². The number of anilines is 1. The molecule has 0 spiro atoms. The Balaban J connectivity index is 1.32. The second-order valence-electron chi connectivity index (χ2n) is 7.13. The van der Waals surface area contributed by atoms with Crippen LogP contribution in [0.5, 0.6) is 0 Å². The van der Waals surface area contributed by atoms with Crippen molar-refractivity contribution in [3.8, 4) is 0 Å². The quantitative estimate of drug-likeness (QED) is 0.693. The van der Waals surface area contributed by atoms with E-state index in [2.05, 4.69) is 49.7 Å². The van der Waals surface area contributed by atoms with E-state index < -0.39 is 0 Å². The summed E-state index contributed by atoms with van der Waals surface area (Å²) in [7, 11) is 2.13. The Hall–Kier alpha value is -2.51. The summed E-state index contributed by atoms with van der Waals surface area (Å²) in [4.78, 5) is 15.7. The van der Waals surface area contributed by atoms with Crippen LogP contribution in [-0.4, -0.2) is 57.6 Å². The lowest BCUT2D eigenvalue weighted by atomic mass is 10.1. The number of aromatic nitrogens is 4. The molecular weight excluding hydrogens is 340 g/mol. The first-order valence-corrected chi connectivity index (χ1v) is 9.45. The van der Waals surface area contributed by atoms with Crippen LogP contribution in [0.4, 0.5) is 5.82 Å². The van der Waals surface area contributed by atoms with Gasteiger partial charge in [-0.2, -0.15) is 0 Å². The molecule has 4 heterocycles. The summed E-state index contributed by atoms with van der Waals surface area (Å²) in [6.07, 6.45) is 4.76. The van der Waals surface area contributed by atoms with Gasteiger partial charge in [-0.1, -0.05) is 6.07 Å². The summed E-state index contributed by atoms with van der Waals surface area (Å²) < 4.78 is 7.63. The smallest absolute Gasteiger partial charge is 0.137 e. The van der Waals surface area contributed by atoms with Gasteiger partial charge in [-0.25, -0.2) is 15.0 Å². The summed E-state index contributed by atoms with van der Waals surface area (Å²) in [5.41, 5.74) is 4.39. The summed E-state index contributed by atoms with van der Waals surface area (Å²) >= 11 is 0. The Kier molecular flexibility index (Phi) is 5.31. The second kappa shape index (κ2) is 8.02. The average Bonchev–Trinajstić information content (AvgIpc) is 3.31. The van der Waals surface area contributed by atoms with Gasteiger partial charge in [0, 0.05) is 44.4 Å². The van der Waals surface area contributed by atoms with Crippen LogP contribution in [0.1, 0.15) is 29.4 Å². The van der Waals surface area contributed by atoms with Crippen molar-refractivity contribution in [3.63, 3.8) is 0 Å². The molecule has 1 saturated heterocycles. The molecule has 0 aliphatic carbocycles. The highest BCUT2D eigenvalue weighted by Gasteiger charge is 2.19. The van der Waals surface area contributed by atoms with Crippen LogP contribution in [0.25, 0.3) is 5.65 Å². The van der Waals surface area contributed by atoms with Crippen LogP contribution in [0.2, 0.25) is 0 Å². The third kappa shape index (κ3) is 4.09. The third-order valence-corrected chi connectivity index (χ3v) is 5.08. The zero-order chi connectivity index (χ0) is 18.6. The number of ether oxygens (including phenoxy) is 1. The highest BCUT2D eigenvalue weighted by atomic mass is 16.5. The Morgan fingerprint density at radius 1 is 1.33 bits per heavy atom. The lowest BCUT2D eigenvalue weighted by molar-refractivity contribution is 0.193. The Labute approximate surface area is 159 Å². The molecule has 4 rings (SSSR count). The number of nitrogens with zero attached hydrogens (tertiary/aromatic N) is 5. The van der Waals surface area contributed by atoms with Crippen molar-refractivity contribution < 1.29 is 4.74 Å². The van der Waals surface area contributed by atoms with Gasteiger partial charge < -0.3 is 14.5 Å². The first-order chi connectivity index (χ1) is 13.2. The fourth-order valence-corrected chi connectivity index (χ4v) is 3.52. The Bertz CT molecular complexity index is 902. The number of hydrogen-bond acceptors (Lipinski definition) is 6. The van der Waals surface area contributed by atoms with Crippen molar-refractivity contribution in [3.05, 3.63) is 53.9 Å². The second-order valence-corrected chi connectivity index (χ2v) is 7.13. The number of hydrogen-bond donors (Lipinski definition) is 1. The molecule has 0 bridgehead atoms. The van der Waals surface area contributed by atoms with Gasteiger partial charge in [0.2, 0.25) is 0 Å². The Morgan fingerprint density at radius 2 is 2.26 bits per heavy atom. The fraction of sp³-hybridized carbons (Fsp3) is 0.450. The van der Waals surface area contributed by atoms with Crippen LogP contribution < -0.4 is 5.32 Å². The monoisotopic (exact) mass is 366 g/mol. The molecule has 0 radical (unpaired) electrons. The maximum atomic E-state index is 5.46. The predicted octanol–water partition coefficient (Wildman–Crippen LogP) is 2.48. The molecule has 0 aromatic carbocycles. The van der Waals surface area contributed by atoms with Crippen LogP contribution in [0, 0.1) is 6.92 Å². The van der Waals surface area contributed by atoms with Crippen LogP contribution in [0.3, 0.4) is 0 Å². The zero-order valence-corrected chi connectivity index (χ0v) is 15.9. The maximum Gasteiger partial charge on any atom is 0.137 e. The van der Waals surface area contributed by atoms with Gasteiger partial charge in [0.05, 0.1) is 23.7 Å². The first kappa shape index (κ1) is 17.9. The summed E-state index contributed by atoms with van der Waals surface area (Å²) in [6, 6.07) is 8.15. The SMILES string of the molecule is Cc1nc2ccccn2c1CN(C)CCNc1cc([C@@H]2CCOC2)ncn1. The maximum absolute atomic E-state index is 5.46. The summed E-state index contributed by atoms with van der Waals surface area (Å²) in [5.74, 6) is 1.28. The van der Waals surface area contributed by atoms with E-state index in [9.17, 15) is 0 Å². The molecule has 142 valence electrons. The van der Waals surface area contributed by atoms with Gasteiger partial charge in [-0.05, 0) is 32.5 Å². The standard InChI is InChI=1S/C20H26N6O/c1-15-18(26-8-4-3-5-20(26)24-15)12-25(2)9-7-21-19-11-17(22-14-23-19)16-6-10-27-13-16/h3-5,8,11,14,16H,6-7,9-10,12-13H2,1-2H3,(H,21,22,23)/t16-/m1/s1. The van der Waals surface area contributed by atoms with E-state index in [1.54, 1.807) is 6.33 Å². The highest BCUT2D eigenvalue weighted by Crippen LogP contribution is 2.24. The van der Waals surface area contributed by atoms with E-state index in [1.807, 2.05) is 24.3 Å². The zero-order valence-electron chi connectivity index (χ0n) is 15.9. The molecule has 27 heavy (non-hydrogen) atoms. The minimum absolute atomic E-state index is 0.398. The van der Waals surface area contributed by atoms with Crippen LogP contribution in [0.15, 0.2) is 36.8 Å². The number of aryl methyl sites for hydroxylation is 1. The molecule has 3 aromatic rings. The molecule has 1 fully saturated rings. The largest absolute Gasteiger partial charge is 0.381 e. The van der Waals surface area contributed by atoms with Gasteiger partial charge >= 0.3 is 0 Å². The summed E-state index contributed by atoms with van der Waals surface area (Å²) in [6.45, 7) is 6.24. The molecule has 1 aliphatic heterocycles. The molecule has 1 aliphatic rings. The predicted molar refractivity (Wildman–Crippen MR) is 105 cm³/mol. The minimum Gasteiger partial charge on any atom is -0.381 e. The topological polar surface area (TPSA) is 67.6 Å². The van der Waals surface area contributed by atoms with Gasteiger partial charge in [0.15, 0.2) is 0 Å². The minimum atomic E-state index is 0.398. The van der Waals surface area contributed by atoms with Crippen LogP contribution in [-0.2, 0) is 11.3 Å². The first-order valence-electron chi connectivity index (χ1n) is 9.45. The molecular formula is C20H26N6O. The van der Waals surface area contributed by atoms with Crippen molar-refractivity contribution in [2.24, 2.45) is 0 Å². The molecule has 3 aromatic heterocycles. The molecule has 7 heteroatoms. The van der Waals surface area contributed by atoms with Gasteiger partial charge in [-0.3, -0.25) is 4.90 Å². The van der Waals surface area contributed by atoms with Crippen molar-refractivity contribution >= 4 is 11.5 Å². The van der Waals surface area contributed by atoms with Crippen molar-refractivity contribution in [2.75, 3.05) is 38.7 Å². The molecule has 1 atom stereocenters. The number of likely N-dealkylation sites (N-methyl/N-ethyl adjacent to an activating group) is 1. The van der Waals surface area contributed by atoms with E-state index in [4.69, 9.17) is 4.74 Å². The van der Waals surface area contributed by atoms with E-state index >= 15 is 0 Å². The highest BCUT2D eigenvalue weighted by molar-refractivity contribution is 5.42. The lowest BCUT2D eigenvalue weighted by Crippen LogP contribution is -2.26. The third-order valence-electron chi connectivity index (χ3n) is 5.08. The van der Waals surface area contributed by atoms with E-state index in [-0.39, 0.29) is 0 Å². The molecule has 1 N–H and O–H groups in total. The molecule has 7 nitrogen and oxygen atoms in total. The number of nitrogens with one attached hydrogen (secondary N) is 1. The van der Waals surface area contributed by atoms with Crippen molar-refractivity contribution in [2.45, 2.75) is 25.8 Å². The van der Waals surface area contributed by atoms with Gasteiger partial charge in [-0.15, -0.1) is 0 Å². The summed E-state index contributed by atoms with van der Waals surface area (Å²) in [5, 5.41) is 3.41. The molecule has 0 saturated carbocycles. The van der Waals surface area contributed by atoms with Gasteiger partial charge in [0.1, 0.15) is 17.8 Å². The van der Waals surface area contributed by atoms with Crippen molar-refractivity contribution in [1.29, 1.82) is 0 Å². The number of pyridine rings is 1. The number of rotatable bonds is 7. The molecule has 0 amide bonds. The molecule has 0 unspecified atom stereocenters. The van der Waals surface area contributed by atoms with Crippen molar-refractivity contribution in [1.82, 2.24) is 24.3 Å². The average molecular weight is 366 g/mol. The van der Waals surface area contributed by atoms with Crippen LogP contribution >= 0.6 is 0 Å². The Morgan fingerprint density at radius 3 is 3.11 bits per heavy atom. The van der Waals surface area contributed by atoms with E-state index in [0.717, 1.165) is 62.1 Å². The lowest BCUT2D eigenvalue weighted by Gasteiger charge is -2.17. The van der Waals surface area contributed by atoms with E-state index in [0.29, 0.717) is 5.92 Å².